The van der Waals surface area contributed by atoms with E-state index in [1.165, 1.54) is 4.57 Å². The Labute approximate surface area is 193 Å². The Morgan fingerprint density at radius 2 is 2.03 bits per heavy atom. The van der Waals surface area contributed by atoms with Crippen LogP contribution in [0.4, 0.5) is 5.82 Å². The summed E-state index contributed by atoms with van der Waals surface area (Å²) in [6.45, 7) is 2.44. The first kappa shape index (κ1) is 21.0. The number of hydrogen-bond acceptors (Lipinski definition) is 5. The number of benzene rings is 1. The number of aliphatic imine (C=N–C) groups is 1. The van der Waals surface area contributed by atoms with Gasteiger partial charge < -0.3 is 4.90 Å². The zero-order valence-corrected chi connectivity index (χ0v) is 19.0. The number of aromatic amines is 1. The first-order valence-electron chi connectivity index (χ1n) is 10.3. The predicted octanol–water partition coefficient (Wildman–Crippen LogP) is 3.29. The lowest BCUT2D eigenvalue weighted by Crippen LogP contribution is -2.44. The summed E-state index contributed by atoms with van der Waals surface area (Å²) < 4.78 is 3.21. The van der Waals surface area contributed by atoms with Gasteiger partial charge in [-0.05, 0) is 37.5 Å². The van der Waals surface area contributed by atoms with E-state index in [1.54, 1.807) is 35.0 Å². The van der Waals surface area contributed by atoms with Crippen LogP contribution in [0.2, 0.25) is 10.0 Å². The zero-order valence-electron chi connectivity index (χ0n) is 17.5. The molecule has 0 radical (unpaired) electrons. The molecule has 2 aliphatic rings. The van der Waals surface area contributed by atoms with Crippen molar-refractivity contribution in [3.63, 3.8) is 0 Å². The largest absolute Gasteiger partial charge is 0.343 e. The van der Waals surface area contributed by atoms with Crippen molar-refractivity contribution in [1.29, 1.82) is 0 Å². The minimum absolute atomic E-state index is 0.0820. The molecule has 5 rings (SSSR count). The van der Waals surface area contributed by atoms with E-state index in [0.29, 0.717) is 33.9 Å². The van der Waals surface area contributed by atoms with Gasteiger partial charge in [-0.25, -0.2) is 19.6 Å². The minimum atomic E-state index is -0.587. The number of aromatic nitrogens is 5. The number of hydrogen-bond donors (Lipinski definition) is 1. The number of halogens is 2. The highest BCUT2D eigenvalue weighted by Gasteiger charge is 2.44. The predicted molar refractivity (Wildman–Crippen MR) is 121 cm³/mol. The van der Waals surface area contributed by atoms with Crippen LogP contribution in [0.15, 0.2) is 40.2 Å². The summed E-state index contributed by atoms with van der Waals surface area (Å²) in [5, 5.41) is 12.0. The highest BCUT2D eigenvalue weighted by atomic mass is 35.5. The van der Waals surface area contributed by atoms with Gasteiger partial charge >= 0.3 is 5.69 Å². The number of nitrogens with one attached hydrogen (secondary N) is 1. The van der Waals surface area contributed by atoms with Gasteiger partial charge in [0.2, 0.25) is 5.91 Å². The molecule has 11 heteroatoms. The molecular weight excluding hydrogens is 453 g/mol. The number of amides is 1. The van der Waals surface area contributed by atoms with Crippen LogP contribution in [-0.2, 0) is 11.8 Å². The fourth-order valence-electron chi connectivity index (χ4n) is 4.71. The van der Waals surface area contributed by atoms with Gasteiger partial charge in [-0.3, -0.25) is 9.36 Å². The standard InChI is InChI=1S/C21H21Cl2N7O2/c1-11-17(20(31)29-9-3-4-15(29)19-26-27-21(32)28(19)2)18(30-16(25-11)7-8-24-30)12-5-6-13(22)14(23)10-12/h5-8,10,15,17-18H,3-4,9H2,1-2H3,(H,27,32)/t15-,17?,18?/m0/s1. The normalized spacial score (nSPS) is 22.7. The second-order valence-corrected chi connectivity index (χ2v) is 8.93. The van der Waals surface area contributed by atoms with E-state index >= 15 is 0 Å². The molecule has 1 amide bonds. The van der Waals surface area contributed by atoms with E-state index < -0.39 is 12.0 Å². The number of H-pyrrole nitrogens is 1. The van der Waals surface area contributed by atoms with Crippen LogP contribution >= 0.6 is 23.2 Å². The first-order chi connectivity index (χ1) is 15.4. The lowest BCUT2D eigenvalue weighted by molar-refractivity contribution is -0.135. The maximum absolute atomic E-state index is 14.0. The minimum Gasteiger partial charge on any atom is -0.332 e. The Balaban J connectivity index is 1.58. The molecule has 0 saturated carbocycles. The van der Waals surface area contributed by atoms with Crippen molar-refractivity contribution in [2.45, 2.75) is 31.8 Å². The third-order valence-electron chi connectivity index (χ3n) is 6.27. The summed E-state index contributed by atoms with van der Waals surface area (Å²) in [5.74, 6) is 0.560. The molecule has 2 aliphatic heterocycles. The average molecular weight is 474 g/mol. The summed E-state index contributed by atoms with van der Waals surface area (Å²) in [5.41, 5.74) is 1.21. The summed E-state index contributed by atoms with van der Waals surface area (Å²) >= 11 is 12.5. The van der Waals surface area contributed by atoms with Crippen LogP contribution < -0.4 is 5.69 Å². The van der Waals surface area contributed by atoms with Gasteiger partial charge in [0, 0.05) is 25.4 Å². The van der Waals surface area contributed by atoms with Crippen LogP contribution in [-0.4, -0.2) is 47.6 Å². The molecule has 4 heterocycles. The third kappa shape index (κ3) is 3.27. The summed E-state index contributed by atoms with van der Waals surface area (Å²) in [7, 11) is 1.66. The second-order valence-electron chi connectivity index (χ2n) is 8.12. The van der Waals surface area contributed by atoms with Gasteiger partial charge in [-0.1, -0.05) is 29.3 Å². The van der Waals surface area contributed by atoms with Crippen molar-refractivity contribution in [3.05, 3.63) is 62.4 Å². The molecule has 32 heavy (non-hydrogen) atoms. The molecule has 0 aliphatic carbocycles. The van der Waals surface area contributed by atoms with E-state index in [1.807, 2.05) is 19.1 Å². The Hall–Kier alpha value is -2.91. The quantitative estimate of drug-likeness (QED) is 0.630. The van der Waals surface area contributed by atoms with Crippen LogP contribution in [0.5, 0.6) is 0 Å². The molecule has 0 bridgehead atoms. The number of likely N-dealkylation sites (tertiary alicyclic amines) is 1. The molecule has 1 N–H and O–H groups in total. The Bertz CT molecular complexity index is 1290. The van der Waals surface area contributed by atoms with Gasteiger partial charge in [0.25, 0.3) is 0 Å². The van der Waals surface area contributed by atoms with E-state index in [4.69, 9.17) is 23.2 Å². The second kappa shape index (κ2) is 7.90. The molecule has 0 spiro atoms. The third-order valence-corrected chi connectivity index (χ3v) is 7.01. The molecule has 166 valence electrons. The van der Waals surface area contributed by atoms with Gasteiger partial charge in [0.05, 0.1) is 28.3 Å². The Kier molecular flexibility index (Phi) is 5.17. The molecule has 1 fully saturated rings. The molecule has 9 nitrogen and oxygen atoms in total. The molecule has 1 saturated heterocycles. The lowest BCUT2D eigenvalue weighted by atomic mass is 9.87. The highest BCUT2D eigenvalue weighted by Crippen LogP contribution is 2.41. The number of carbonyl (C=O) groups is 1. The van der Waals surface area contributed by atoms with Gasteiger partial charge in [0.1, 0.15) is 5.92 Å². The van der Waals surface area contributed by atoms with E-state index in [-0.39, 0.29) is 17.6 Å². The Morgan fingerprint density at radius 3 is 2.75 bits per heavy atom. The molecule has 2 aromatic heterocycles. The zero-order chi connectivity index (χ0) is 22.6. The maximum Gasteiger partial charge on any atom is 0.343 e. The van der Waals surface area contributed by atoms with Crippen LogP contribution in [0.1, 0.15) is 43.2 Å². The van der Waals surface area contributed by atoms with E-state index in [9.17, 15) is 9.59 Å². The molecule has 3 aromatic rings. The van der Waals surface area contributed by atoms with E-state index in [2.05, 4.69) is 20.3 Å². The Morgan fingerprint density at radius 1 is 1.22 bits per heavy atom. The molecule has 1 aromatic carbocycles. The average Bonchev–Trinajstić information content (AvgIpc) is 3.50. The van der Waals surface area contributed by atoms with Crippen LogP contribution in [0.3, 0.4) is 0 Å². The van der Waals surface area contributed by atoms with Crippen molar-refractivity contribution in [3.8, 4) is 0 Å². The smallest absolute Gasteiger partial charge is 0.332 e. The fourth-order valence-corrected chi connectivity index (χ4v) is 5.02. The van der Waals surface area contributed by atoms with Gasteiger partial charge in [0.15, 0.2) is 11.6 Å². The fraction of sp³-hybridized carbons (Fsp3) is 0.381. The van der Waals surface area contributed by atoms with Crippen molar-refractivity contribution in [2.75, 3.05) is 6.54 Å². The van der Waals surface area contributed by atoms with Crippen molar-refractivity contribution in [1.82, 2.24) is 29.4 Å². The van der Waals surface area contributed by atoms with Gasteiger partial charge in [-0.2, -0.15) is 10.2 Å². The maximum atomic E-state index is 14.0. The lowest BCUT2D eigenvalue weighted by Gasteiger charge is -2.35. The van der Waals surface area contributed by atoms with Gasteiger partial charge in [-0.15, -0.1) is 0 Å². The van der Waals surface area contributed by atoms with Crippen molar-refractivity contribution in [2.24, 2.45) is 18.0 Å². The summed E-state index contributed by atoms with van der Waals surface area (Å²) in [6.07, 6.45) is 3.23. The van der Waals surface area contributed by atoms with E-state index in [0.717, 1.165) is 18.4 Å². The van der Waals surface area contributed by atoms with Crippen molar-refractivity contribution >= 4 is 40.6 Å². The molecule has 2 unspecified atom stereocenters. The van der Waals surface area contributed by atoms with Crippen LogP contribution in [0, 0.1) is 5.92 Å². The van der Waals surface area contributed by atoms with Crippen molar-refractivity contribution < 1.29 is 4.79 Å². The topological polar surface area (TPSA) is 101 Å². The highest BCUT2D eigenvalue weighted by molar-refractivity contribution is 6.42. The number of rotatable bonds is 3. The summed E-state index contributed by atoms with van der Waals surface area (Å²) in [6, 6.07) is 6.47. The SMILES string of the molecule is CC1=Nc2ccnn2C(c2ccc(Cl)c(Cl)c2)C1C(=O)N1CCC[C@H]1c1n[nH]c(=O)n1C. The monoisotopic (exact) mass is 473 g/mol. The molecule has 3 atom stereocenters. The number of carbonyl (C=O) groups excluding carboxylic acids is 1. The first-order valence-corrected chi connectivity index (χ1v) is 11.1. The number of nitrogens with zero attached hydrogens (tertiary/aromatic N) is 6. The number of fused-ring (bicyclic) bond motifs is 1. The summed E-state index contributed by atoms with van der Waals surface area (Å²) in [4.78, 5) is 32.4. The van der Waals surface area contributed by atoms with Crippen LogP contribution in [0.25, 0.3) is 0 Å². The molecular formula is C21H21Cl2N7O2.